The molecule has 4 nitrogen and oxygen atoms in total. The Hall–Kier alpha value is -0.940. The second kappa shape index (κ2) is 5.60. The fourth-order valence-electron chi connectivity index (χ4n) is 1.96. The van der Waals surface area contributed by atoms with E-state index < -0.39 is 0 Å². The van der Waals surface area contributed by atoms with Crippen LogP contribution >= 0.6 is 15.9 Å². The Balaban J connectivity index is 2.23. The van der Waals surface area contributed by atoms with Crippen molar-refractivity contribution in [1.29, 1.82) is 0 Å². The van der Waals surface area contributed by atoms with Crippen LogP contribution in [-0.4, -0.2) is 29.3 Å². The molecule has 0 saturated heterocycles. The first-order valence-corrected chi connectivity index (χ1v) is 6.47. The molecule has 0 radical (unpaired) electrons. The molecule has 0 spiro atoms. The Labute approximate surface area is 109 Å². The van der Waals surface area contributed by atoms with Gasteiger partial charge in [-0.2, -0.15) is 5.10 Å². The number of ketones is 1. The number of nitrogens with zero attached hydrogens (tertiary/aromatic N) is 2. The van der Waals surface area contributed by atoms with Crippen LogP contribution < -0.4 is 0 Å². The summed E-state index contributed by atoms with van der Waals surface area (Å²) in [5.74, 6) is 0.0861. The average molecular weight is 299 g/mol. The first-order valence-electron chi connectivity index (χ1n) is 5.68. The predicted octanol–water partition coefficient (Wildman–Crippen LogP) is 2.59. The molecule has 0 unspecified atom stereocenters. The third-order valence-corrected chi connectivity index (χ3v) is 3.43. The predicted molar refractivity (Wildman–Crippen MR) is 68.1 cm³/mol. The molecule has 1 aliphatic carbocycles. The van der Waals surface area contributed by atoms with Gasteiger partial charge in [-0.25, -0.2) is 0 Å². The van der Waals surface area contributed by atoms with E-state index in [0.29, 0.717) is 18.8 Å². The smallest absolute Gasteiger partial charge is 0.207 e. The number of hydrogen-bond donors (Lipinski definition) is 0. The SMILES string of the molecule is COCCn1ncc(Br)c1C(=O)C1=CCCC1. The minimum Gasteiger partial charge on any atom is -0.383 e. The Morgan fingerprint density at radius 2 is 2.47 bits per heavy atom. The van der Waals surface area contributed by atoms with Gasteiger partial charge in [0.05, 0.1) is 23.8 Å². The molecule has 0 amide bonds. The molecule has 1 aliphatic rings. The van der Waals surface area contributed by atoms with Crippen LogP contribution in [0, 0.1) is 0 Å². The van der Waals surface area contributed by atoms with E-state index in [1.165, 1.54) is 0 Å². The zero-order valence-electron chi connectivity index (χ0n) is 9.78. The van der Waals surface area contributed by atoms with Crippen molar-refractivity contribution in [3.8, 4) is 0 Å². The summed E-state index contributed by atoms with van der Waals surface area (Å²) < 4.78 is 7.47. The summed E-state index contributed by atoms with van der Waals surface area (Å²) in [5.41, 5.74) is 1.54. The number of carbonyl (C=O) groups excluding carboxylic acids is 1. The van der Waals surface area contributed by atoms with E-state index in [2.05, 4.69) is 21.0 Å². The number of methoxy groups -OCH3 is 1. The van der Waals surface area contributed by atoms with Crippen molar-refractivity contribution in [2.45, 2.75) is 25.8 Å². The van der Waals surface area contributed by atoms with Gasteiger partial charge >= 0.3 is 0 Å². The summed E-state index contributed by atoms with van der Waals surface area (Å²) in [6.07, 6.45) is 6.65. The summed E-state index contributed by atoms with van der Waals surface area (Å²) in [6.45, 7) is 1.14. The average Bonchev–Trinajstić information content (AvgIpc) is 2.95. The first kappa shape index (κ1) is 12.5. The van der Waals surface area contributed by atoms with E-state index in [9.17, 15) is 4.79 Å². The van der Waals surface area contributed by atoms with Crippen LogP contribution in [0.4, 0.5) is 0 Å². The van der Waals surface area contributed by atoms with Gasteiger partial charge in [-0.3, -0.25) is 9.48 Å². The minimum atomic E-state index is 0.0861. The fourth-order valence-corrected chi connectivity index (χ4v) is 2.44. The molecule has 1 aromatic heterocycles. The van der Waals surface area contributed by atoms with Gasteiger partial charge in [0.15, 0.2) is 0 Å². The van der Waals surface area contributed by atoms with Gasteiger partial charge < -0.3 is 4.74 Å². The lowest BCUT2D eigenvalue weighted by Crippen LogP contribution is -2.15. The van der Waals surface area contributed by atoms with Crippen molar-refractivity contribution in [2.24, 2.45) is 0 Å². The molecule has 2 rings (SSSR count). The highest BCUT2D eigenvalue weighted by Crippen LogP contribution is 2.25. The normalized spacial score (nSPS) is 15.1. The second-order valence-electron chi connectivity index (χ2n) is 4.01. The van der Waals surface area contributed by atoms with Crippen LogP contribution in [0.2, 0.25) is 0 Å². The molecule has 0 bridgehead atoms. The van der Waals surface area contributed by atoms with Gasteiger partial charge in [-0.05, 0) is 40.8 Å². The molecule has 0 aliphatic heterocycles. The van der Waals surface area contributed by atoms with E-state index in [4.69, 9.17) is 4.74 Å². The molecule has 0 saturated carbocycles. The Bertz CT molecular complexity index is 451. The third-order valence-electron chi connectivity index (χ3n) is 2.85. The van der Waals surface area contributed by atoms with Crippen molar-refractivity contribution in [1.82, 2.24) is 9.78 Å². The van der Waals surface area contributed by atoms with Crippen molar-refractivity contribution in [3.05, 3.63) is 28.0 Å². The molecule has 5 heteroatoms. The zero-order valence-corrected chi connectivity index (χ0v) is 11.4. The van der Waals surface area contributed by atoms with Crippen LogP contribution in [0.5, 0.6) is 0 Å². The maximum Gasteiger partial charge on any atom is 0.207 e. The summed E-state index contributed by atoms with van der Waals surface area (Å²) in [4.78, 5) is 12.3. The van der Waals surface area contributed by atoms with Gasteiger partial charge in [0.2, 0.25) is 5.78 Å². The fraction of sp³-hybridized carbons (Fsp3) is 0.500. The van der Waals surface area contributed by atoms with Crippen LogP contribution in [0.25, 0.3) is 0 Å². The topological polar surface area (TPSA) is 44.1 Å². The van der Waals surface area contributed by atoms with Crippen molar-refractivity contribution in [3.63, 3.8) is 0 Å². The number of Topliss-reactive ketones (excluding diaryl/α,β-unsaturated/α-hetero) is 1. The number of carbonyl (C=O) groups is 1. The third kappa shape index (κ3) is 2.66. The van der Waals surface area contributed by atoms with Crippen LogP contribution in [0.15, 0.2) is 22.3 Å². The molecule has 0 aromatic carbocycles. The molecule has 1 aromatic rings. The first-order chi connectivity index (χ1) is 8.24. The van der Waals surface area contributed by atoms with E-state index in [1.807, 2.05) is 6.08 Å². The number of aromatic nitrogens is 2. The molecular formula is C12H15BrN2O2. The molecule has 17 heavy (non-hydrogen) atoms. The lowest BCUT2D eigenvalue weighted by Gasteiger charge is -2.07. The Kier molecular flexibility index (Phi) is 4.12. The van der Waals surface area contributed by atoms with Crippen LogP contribution in [0.3, 0.4) is 0 Å². The molecular weight excluding hydrogens is 284 g/mol. The maximum atomic E-state index is 12.3. The second-order valence-corrected chi connectivity index (χ2v) is 4.86. The molecule has 0 fully saturated rings. The lowest BCUT2D eigenvalue weighted by atomic mass is 10.1. The Morgan fingerprint density at radius 3 is 3.12 bits per heavy atom. The lowest BCUT2D eigenvalue weighted by molar-refractivity contribution is 0.101. The largest absolute Gasteiger partial charge is 0.383 e. The number of hydrogen-bond acceptors (Lipinski definition) is 3. The van der Waals surface area contributed by atoms with Gasteiger partial charge in [-0.1, -0.05) is 6.08 Å². The number of halogens is 1. The molecule has 1 heterocycles. The van der Waals surface area contributed by atoms with Crippen molar-refractivity contribution >= 4 is 21.7 Å². The molecule has 0 atom stereocenters. The van der Waals surface area contributed by atoms with Crippen molar-refractivity contribution < 1.29 is 9.53 Å². The molecule has 92 valence electrons. The highest BCUT2D eigenvalue weighted by atomic mass is 79.9. The zero-order chi connectivity index (χ0) is 12.3. The van der Waals surface area contributed by atoms with E-state index >= 15 is 0 Å². The van der Waals surface area contributed by atoms with E-state index in [1.54, 1.807) is 18.0 Å². The van der Waals surface area contributed by atoms with Crippen LogP contribution in [0.1, 0.15) is 29.8 Å². The monoisotopic (exact) mass is 298 g/mol. The Morgan fingerprint density at radius 1 is 1.65 bits per heavy atom. The number of ether oxygens (including phenoxy) is 1. The summed E-state index contributed by atoms with van der Waals surface area (Å²) in [5, 5.41) is 4.19. The number of allylic oxidation sites excluding steroid dienone is 2. The summed E-state index contributed by atoms with van der Waals surface area (Å²) in [7, 11) is 1.64. The van der Waals surface area contributed by atoms with Gasteiger partial charge in [0.1, 0.15) is 5.69 Å². The highest BCUT2D eigenvalue weighted by molar-refractivity contribution is 9.10. The standard InChI is InChI=1S/C12H15BrN2O2/c1-17-7-6-15-11(10(13)8-14-15)12(16)9-4-2-3-5-9/h4,8H,2-3,5-7H2,1H3. The van der Waals surface area contributed by atoms with Crippen LogP contribution in [-0.2, 0) is 11.3 Å². The highest BCUT2D eigenvalue weighted by Gasteiger charge is 2.22. The maximum absolute atomic E-state index is 12.3. The van der Waals surface area contributed by atoms with E-state index in [0.717, 1.165) is 29.3 Å². The van der Waals surface area contributed by atoms with Gasteiger partial charge in [0.25, 0.3) is 0 Å². The van der Waals surface area contributed by atoms with Gasteiger partial charge in [0, 0.05) is 7.11 Å². The minimum absolute atomic E-state index is 0.0861. The summed E-state index contributed by atoms with van der Waals surface area (Å²) >= 11 is 3.38. The van der Waals surface area contributed by atoms with Gasteiger partial charge in [-0.15, -0.1) is 0 Å². The van der Waals surface area contributed by atoms with Crippen molar-refractivity contribution in [2.75, 3.05) is 13.7 Å². The number of rotatable bonds is 5. The quantitative estimate of drug-likeness (QED) is 0.785. The summed E-state index contributed by atoms with van der Waals surface area (Å²) in [6, 6.07) is 0. The van der Waals surface area contributed by atoms with E-state index in [-0.39, 0.29) is 5.78 Å². The molecule has 0 N–H and O–H groups in total.